The lowest BCUT2D eigenvalue weighted by Crippen LogP contribution is -2.23. The highest BCUT2D eigenvalue weighted by Crippen LogP contribution is 2.25. The number of benzene rings is 1. The Bertz CT molecular complexity index is 595. The summed E-state index contributed by atoms with van der Waals surface area (Å²) in [6.07, 6.45) is -5.43. The molecule has 0 bridgehead atoms. The van der Waals surface area contributed by atoms with E-state index in [4.69, 9.17) is 5.26 Å². The van der Waals surface area contributed by atoms with Crippen molar-refractivity contribution in [2.24, 2.45) is 5.92 Å². The van der Waals surface area contributed by atoms with Crippen molar-refractivity contribution in [3.8, 4) is 11.8 Å². The Balaban J connectivity index is 2.76. The molecule has 0 heterocycles. The highest BCUT2D eigenvalue weighted by molar-refractivity contribution is 5.91. The molecule has 1 atom stereocenters. The summed E-state index contributed by atoms with van der Waals surface area (Å²) in [5.74, 6) is -0.766. The molecule has 0 aliphatic carbocycles. The number of hydrogen-bond donors (Lipinski definition) is 2. The normalized spacial score (nSPS) is 12.6. The van der Waals surface area contributed by atoms with E-state index < -0.39 is 24.8 Å². The summed E-state index contributed by atoms with van der Waals surface area (Å²) in [4.78, 5) is 11.7. The highest BCUT2D eigenvalue weighted by atomic mass is 19.4. The summed E-state index contributed by atoms with van der Waals surface area (Å²) in [6, 6.07) is 5.43. The van der Waals surface area contributed by atoms with Gasteiger partial charge in [0.25, 0.3) is 0 Å². The van der Waals surface area contributed by atoms with Gasteiger partial charge < -0.3 is 15.2 Å². The Morgan fingerprint density at radius 1 is 1.43 bits per heavy atom. The van der Waals surface area contributed by atoms with Gasteiger partial charge in [-0.25, -0.2) is 0 Å². The SMILES string of the molecule is CC(C)C(O)CC(=O)Nc1ccc(OCC(F)(F)F)c(C#N)c1. The summed E-state index contributed by atoms with van der Waals surface area (Å²) in [6.45, 7) is 2.02. The summed E-state index contributed by atoms with van der Waals surface area (Å²) in [5.41, 5.74) is 0.110. The number of anilines is 1. The molecule has 1 rings (SSSR count). The maximum atomic E-state index is 12.1. The number of nitrogens with zero attached hydrogens (tertiary/aromatic N) is 1. The summed E-state index contributed by atoms with van der Waals surface area (Å²) in [7, 11) is 0. The first kappa shape index (κ1) is 18.8. The van der Waals surface area contributed by atoms with Crippen LogP contribution in [0.25, 0.3) is 0 Å². The molecule has 1 aromatic carbocycles. The topological polar surface area (TPSA) is 82.3 Å². The summed E-state index contributed by atoms with van der Waals surface area (Å²) >= 11 is 0. The van der Waals surface area contributed by atoms with Gasteiger partial charge in [-0.05, 0) is 24.1 Å². The van der Waals surface area contributed by atoms with Gasteiger partial charge in [-0.15, -0.1) is 0 Å². The summed E-state index contributed by atoms with van der Waals surface area (Å²) in [5, 5.41) is 21.1. The van der Waals surface area contributed by atoms with E-state index in [1.54, 1.807) is 19.9 Å². The Labute approximate surface area is 131 Å². The second-order valence-electron chi connectivity index (χ2n) is 5.29. The fourth-order valence-corrected chi connectivity index (χ4v) is 1.62. The number of amides is 1. The third kappa shape index (κ3) is 6.57. The van der Waals surface area contributed by atoms with Crippen molar-refractivity contribution < 1.29 is 27.8 Å². The van der Waals surface area contributed by atoms with E-state index in [1.165, 1.54) is 18.2 Å². The van der Waals surface area contributed by atoms with Crippen LogP contribution in [0.15, 0.2) is 18.2 Å². The van der Waals surface area contributed by atoms with Crippen molar-refractivity contribution >= 4 is 11.6 Å². The van der Waals surface area contributed by atoms with Crippen molar-refractivity contribution in [3.63, 3.8) is 0 Å². The van der Waals surface area contributed by atoms with Crippen LogP contribution in [0.5, 0.6) is 5.75 Å². The molecule has 0 saturated heterocycles. The minimum Gasteiger partial charge on any atom is -0.483 e. The van der Waals surface area contributed by atoms with Gasteiger partial charge >= 0.3 is 6.18 Å². The Hall–Kier alpha value is -2.27. The number of carbonyl (C=O) groups excluding carboxylic acids is 1. The maximum absolute atomic E-state index is 12.1. The minimum atomic E-state index is -4.51. The van der Waals surface area contributed by atoms with Gasteiger partial charge in [0.1, 0.15) is 11.8 Å². The lowest BCUT2D eigenvalue weighted by atomic mass is 10.0. The average molecular weight is 330 g/mol. The van der Waals surface area contributed by atoms with Crippen LogP contribution in [0.3, 0.4) is 0 Å². The van der Waals surface area contributed by atoms with E-state index in [-0.39, 0.29) is 29.3 Å². The number of ether oxygens (including phenoxy) is 1. The number of alkyl halides is 3. The quantitative estimate of drug-likeness (QED) is 0.840. The van der Waals surface area contributed by atoms with E-state index >= 15 is 0 Å². The zero-order chi connectivity index (χ0) is 17.6. The standard InChI is InChI=1S/C15H17F3N2O3/c1-9(2)12(21)6-14(22)20-11-3-4-13(10(5-11)7-19)23-8-15(16,17)18/h3-5,9,12,21H,6,8H2,1-2H3,(H,20,22). The van der Waals surface area contributed by atoms with Crippen LogP contribution in [-0.2, 0) is 4.79 Å². The van der Waals surface area contributed by atoms with Gasteiger partial charge in [0.2, 0.25) is 5.91 Å². The smallest absolute Gasteiger partial charge is 0.422 e. The number of nitriles is 1. The van der Waals surface area contributed by atoms with Gasteiger partial charge in [0.15, 0.2) is 6.61 Å². The van der Waals surface area contributed by atoms with Crippen LogP contribution < -0.4 is 10.1 Å². The third-order valence-corrected chi connectivity index (χ3v) is 2.94. The largest absolute Gasteiger partial charge is 0.483 e. The average Bonchev–Trinajstić information content (AvgIpc) is 2.44. The number of nitrogens with one attached hydrogen (secondary N) is 1. The maximum Gasteiger partial charge on any atom is 0.422 e. The molecule has 1 aromatic rings. The lowest BCUT2D eigenvalue weighted by Gasteiger charge is -2.15. The van der Waals surface area contributed by atoms with E-state index in [9.17, 15) is 23.1 Å². The van der Waals surface area contributed by atoms with Crippen molar-refractivity contribution in [3.05, 3.63) is 23.8 Å². The van der Waals surface area contributed by atoms with Gasteiger partial charge in [0.05, 0.1) is 18.1 Å². The van der Waals surface area contributed by atoms with Gasteiger partial charge in [0, 0.05) is 5.69 Å². The first-order valence-corrected chi connectivity index (χ1v) is 6.84. The molecular formula is C15H17F3N2O3. The van der Waals surface area contributed by atoms with Crippen molar-refractivity contribution in [1.82, 2.24) is 0 Å². The van der Waals surface area contributed by atoms with Crippen molar-refractivity contribution in [1.29, 1.82) is 5.26 Å². The number of carbonyl (C=O) groups is 1. The molecule has 8 heteroatoms. The number of rotatable bonds is 6. The lowest BCUT2D eigenvalue weighted by molar-refractivity contribution is -0.153. The molecule has 5 nitrogen and oxygen atoms in total. The van der Waals surface area contributed by atoms with Gasteiger partial charge in [-0.1, -0.05) is 13.8 Å². The van der Waals surface area contributed by atoms with Crippen LogP contribution in [0.1, 0.15) is 25.8 Å². The number of aliphatic hydroxyl groups excluding tert-OH is 1. The zero-order valence-electron chi connectivity index (χ0n) is 12.6. The first-order valence-electron chi connectivity index (χ1n) is 6.84. The third-order valence-electron chi connectivity index (χ3n) is 2.94. The molecule has 126 valence electrons. The van der Waals surface area contributed by atoms with Crippen molar-refractivity contribution in [2.45, 2.75) is 32.5 Å². The highest BCUT2D eigenvalue weighted by Gasteiger charge is 2.28. The molecule has 1 amide bonds. The van der Waals surface area contributed by atoms with Crippen LogP contribution in [0.4, 0.5) is 18.9 Å². The van der Waals surface area contributed by atoms with E-state index in [0.29, 0.717) is 0 Å². The number of aliphatic hydroxyl groups is 1. The predicted octanol–water partition coefficient (Wildman–Crippen LogP) is 2.84. The second-order valence-corrected chi connectivity index (χ2v) is 5.29. The molecule has 0 saturated carbocycles. The fraction of sp³-hybridized carbons (Fsp3) is 0.467. The van der Waals surface area contributed by atoms with Crippen LogP contribution in [0.2, 0.25) is 0 Å². The van der Waals surface area contributed by atoms with E-state index in [1.807, 2.05) is 0 Å². The van der Waals surface area contributed by atoms with Gasteiger partial charge in [-0.3, -0.25) is 4.79 Å². The van der Waals surface area contributed by atoms with E-state index in [0.717, 1.165) is 0 Å². The Morgan fingerprint density at radius 2 is 2.09 bits per heavy atom. The number of halogens is 3. The van der Waals surface area contributed by atoms with E-state index in [2.05, 4.69) is 10.1 Å². The Morgan fingerprint density at radius 3 is 2.61 bits per heavy atom. The minimum absolute atomic E-state index is 0.0893. The molecule has 23 heavy (non-hydrogen) atoms. The van der Waals surface area contributed by atoms with Crippen LogP contribution in [-0.4, -0.2) is 29.9 Å². The second kappa shape index (κ2) is 7.83. The molecule has 0 aliphatic rings. The van der Waals surface area contributed by atoms with Gasteiger partial charge in [-0.2, -0.15) is 18.4 Å². The van der Waals surface area contributed by atoms with Crippen LogP contribution >= 0.6 is 0 Å². The predicted molar refractivity (Wildman–Crippen MR) is 76.8 cm³/mol. The molecule has 0 spiro atoms. The number of hydrogen-bond acceptors (Lipinski definition) is 4. The zero-order valence-corrected chi connectivity index (χ0v) is 12.6. The molecule has 2 N–H and O–H groups in total. The molecule has 0 aromatic heterocycles. The van der Waals surface area contributed by atoms with Crippen molar-refractivity contribution in [2.75, 3.05) is 11.9 Å². The first-order chi connectivity index (χ1) is 10.6. The molecule has 1 unspecified atom stereocenters. The molecule has 0 aliphatic heterocycles. The molecule has 0 radical (unpaired) electrons. The van der Waals surface area contributed by atoms with Crippen LogP contribution in [0, 0.1) is 17.2 Å². The molecule has 0 fully saturated rings. The Kier molecular flexibility index (Phi) is 6.39. The molecular weight excluding hydrogens is 313 g/mol. The summed E-state index contributed by atoms with van der Waals surface area (Å²) < 4.78 is 40.9. The fourth-order valence-electron chi connectivity index (χ4n) is 1.62. The monoisotopic (exact) mass is 330 g/mol.